The number of para-hydroxylation sites is 1. The molecule has 6 aliphatic rings. The molecule has 1 saturated heterocycles. The van der Waals surface area contributed by atoms with Crippen molar-refractivity contribution < 1.29 is 5.11 Å². The van der Waals surface area contributed by atoms with Gasteiger partial charge in [-0.3, -0.25) is 9.98 Å². The van der Waals surface area contributed by atoms with Gasteiger partial charge in [-0.1, -0.05) is 65.1 Å². The summed E-state index contributed by atoms with van der Waals surface area (Å²) in [7, 11) is 0. The van der Waals surface area contributed by atoms with Crippen LogP contribution in [0.15, 0.2) is 75.0 Å². The average Bonchev–Trinajstić information content (AvgIpc) is 3.91. The number of fused-ring (bicyclic) bond motifs is 2. The molecule has 4 nitrogen and oxygen atoms in total. The first kappa shape index (κ1) is 30.7. The third kappa shape index (κ3) is 5.52. The number of hydrogen-bond acceptors (Lipinski definition) is 4. The number of aryl methyl sites for hydroxylation is 1. The second-order valence-electron chi connectivity index (χ2n) is 15.0. The summed E-state index contributed by atoms with van der Waals surface area (Å²) >= 11 is 2.60. The van der Waals surface area contributed by atoms with Crippen LogP contribution in [-0.2, 0) is 6.42 Å². The smallest absolute Gasteiger partial charge is 0.0693 e. The molecule has 5 unspecified atom stereocenters. The van der Waals surface area contributed by atoms with E-state index in [1.807, 2.05) is 0 Å². The summed E-state index contributed by atoms with van der Waals surface area (Å²) in [6.07, 6.45) is 20.6. The minimum atomic E-state index is 0.183. The Morgan fingerprint density at radius 1 is 1.16 bits per heavy atom. The summed E-state index contributed by atoms with van der Waals surface area (Å²) < 4.78 is 0.183. The standard InChI is InChI=1S/C39H50IN3O/c1-25-21-29(26(2)43-19-8-9-27(16-20-43)22-35-32(38(3,4)40)13-7-17-41-35)14-15-30(25)36-33-23-39(33,36)34(24-44)31-12-5-10-28-11-6-18-42-37(28)31/h5,10,12,14-15,17-18,27,29,33-34,36,44H,2,6-9,11,13,16,19-24H2,1,3-4H3/t27?,29?,33?,34?,36?,39-/m0/s1. The number of nitrogens with zero attached hydrogens (tertiary/aromatic N) is 3. The van der Waals surface area contributed by atoms with Gasteiger partial charge in [0.05, 0.1) is 12.3 Å². The zero-order valence-corrected chi connectivity index (χ0v) is 29.2. The van der Waals surface area contributed by atoms with E-state index in [9.17, 15) is 5.11 Å². The van der Waals surface area contributed by atoms with Crippen molar-refractivity contribution in [3.8, 4) is 0 Å². The van der Waals surface area contributed by atoms with Gasteiger partial charge in [-0.15, -0.1) is 0 Å². The van der Waals surface area contributed by atoms with Gasteiger partial charge in [-0.25, -0.2) is 0 Å². The van der Waals surface area contributed by atoms with Crippen LogP contribution in [0.2, 0.25) is 0 Å². The molecule has 0 amide bonds. The largest absolute Gasteiger partial charge is 0.396 e. The van der Waals surface area contributed by atoms with Crippen LogP contribution in [0, 0.1) is 29.1 Å². The van der Waals surface area contributed by atoms with E-state index in [1.54, 1.807) is 11.1 Å². The topological polar surface area (TPSA) is 48.2 Å². The summed E-state index contributed by atoms with van der Waals surface area (Å²) in [5, 5.41) is 10.7. The summed E-state index contributed by atoms with van der Waals surface area (Å²) in [6.45, 7) is 14.2. The van der Waals surface area contributed by atoms with Crippen LogP contribution in [0.1, 0.15) is 95.6 Å². The van der Waals surface area contributed by atoms with Crippen LogP contribution < -0.4 is 0 Å². The predicted molar refractivity (Wildman–Crippen MR) is 192 cm³/mol. The molecule has 1 N–H and O–H groups in total. The maximum Gasteiger partial charge on any atom is 0.0693 e. The van der Waals surface area contributed by atoms with Crippen molar-refractivity contribution in [2.75, 3.05) is 19.7 Å². The molecule has 2 saturated carbocycles. The minimum Gasteiger partial charge on any atom is -0.396 e. The molecule has 1 aromatic carbocycles. The fraction of sp³-hybridized carbons (Fsp3) is 0.590. The summed E-state index contributed by atoms with van der Waals surface area (Å²) in [5.74, 6) is 2.58. The lowest BCUT2D eigenvalue weighted by Crippen LogP contribution is -2.28. The van der Waals surface area contributed by atoms with Gasteiger partial charge in [-0.2, -0.15) is 0 Å². The predicted octanol–water partition coefficient (Wildman–Crippen LogP) is 9.28. The molecular formula is C39H50IN3O. The third-order valence-electron chi connectivity index (χ3n) is 12.0. The number of alkyl halides is 1. The van der Waals surface area contributed by atoms with E-state index in [4.69, 9.17) is 9.98 Å². The fourth-order valence-electron chi connectivity index (χ4n) is 9.32. The average molecular weight is 704 g/mol. The monoisotopic (exact) mass is 703 g/mol. The van der Waals surface area contributed by atoms with Gasteiger partial charge in [-0.05, 0) is 130 Å². The van der Waals surface area contributed by atoms with E-state index in [0.29, 0.717) is 23.7 Å². The highest BCUT2D eigenvalue weighted by Gasteiger charge is 2.81. The lowest BCUT2D eigenvalue weighted by atomic mass is 9.78. The van der Waals surface area contributed by atoms with Gasteiger partial charge in [0.25, 0.3) is 0 Å². The maximum atomic E-state index is 10.7. The lowest BCUT2D eigenvalue weighted by Gasteiger charge is -2.33. The van der Waals surface area contributed by atoms with Gasteiger partial charge >= 0.3 is 0 Å². The van der Waals surface area contributed by atoms with Crippen LogP contribution in [-0.4, -0.2) is 45.6 Å². The van der Waals surface area contributed by atoms with Crippen LogP contribution in [0.3, 0.4) is 0 Å². The second kappa shape index (κ2) is 12.0. The number of halogens is 1. The lowest BCUT2D eigenvalue weighted by molar-refractivity contribution is 0.229. The summed E-state index contributed by atoms with van der Waals surface area (Å²) in [5.41, 5.74) is 11.3. The normalized spacial score (nSPS) is 31.9. The Morgan fingerprint density at radius 3 is 2.75 bits per heavy atom. The molecule has 6 atom stereocenters. The Kier molecular flexibility index (Phi) is 8.35. The number of rotatable bonds is 9. The van der Waals surface area contributed by atoms with Crippen molar-refractivity contribution in [3.63, 3.8) is 0 Å². The molecule has 1 aromatic rings. The van der Waals surface area contributed by atoms with Crippen LogP contribution in [0.5, 0.6) is 0 Å². The van der Waals surface area contributed by atoms with E-state index >= 15 is 0 Å². The van der Waals surface area contributed by atoms with Crippen molar-refractivity contribution in [1.82, 2.24) is 4.90 Å². The first-order valence-electron chi connectivity index (χ1n) is 17.2. The quantitative estimate of drug-likeness (QED) is 0.206. The molecule has 3 aliphatic heterocycles. The molecule has 3 fully saturated rings. The van der Waals surface area contributed by atoms with Gasteiger partial charge in [0.2, 0.25) is 0 Å². The summed E-state index contributed by atoms with van der Waals surface area (Å²) in [6, 6.07) is 6.63. The molecule has 5 heteroatoms. The minimum absolute atomic E-state index is 0.183. The second-order valence-corrected chi connectivity index (χ2v) is 17.7. The first-order chi connectivity index (χ1) is 21.2. The van der Waals surface area contributed by atoms with Crippen molar-refractivity contribution in [3.05, 3.63) is 76.2 Å². The Labute approximate surface area is 278 Å². The third-order valence-corrected chi connectivity index (χ3v) is 12.6. The zero-order chi connectivity index (χ0) is 30.6. The number of aliphatic imine (C=N–C) groups is 2. The van der Waals surface area contributed by atoms with E-state index in [2.05, 4.69) is 97.6 Å². The highest BCUT2D eigenvalue weighted by atomic mass is 127. The van der Waals surface area contributed by atoms with Crippen molar-refractivity contribution in [2.45, 2.75) is 94.3 Å². The number of aliphatic hydroxyl groups is 1. The summed E-state index contributed by atoms with van der Waals surface area (Å²) in [4.78, 5) is 12.3. The van der Waals surface area contributed by atoms with Crippen molar-refractivity contribution in [2.24, 2.45) is 39.1 Å². The molecule has 0 bridgehead atoms. The van der Waals surface area contributed by atoms with Crippen molar-refractivity contribution >= 4 is 40.7 Å². The van der Waals surface area contributed by atoms with E-state index in [0.717, 1.165) is 50.9 Å². The van der Waals surface area contributed by atoms with Gasteiger partial charge < -0.3 is 10.0 Å². The highest BCUT2D eigenvalue weighted by Crippen LogP contribution is 2.87. The first-order valence-corrected chi connectivity index (χ1v) is 18.3. The molecule has 44 heavy (non-hydrogen) atoms. The van der Waals surface area contributed by atoms with Gasteiger partial charge in [0, 0.05) is 52.2 Å². The molecule has 3 heterocycles. The molecule has 3 aliphatic carbocycles. The van der Waals surface area contributed by atoms with E-state index < -0.39 is 0 Å². The molecular weight excluding hydrogens is 653 g/mol. The molecule has 0 spiro atoms. The Bertz CT molecular complexity index is 1470. The number of allylic oxidation sites excluding steroid dienone is 6. The van der Waals surface area contributed by atoms with Gasteiger partial charge in [0.15, 0.2) is 0 Å². The Hall–Kier alpha value is -1.99. The molecule has 7 rings (SSSR count). The van der Waals surface area contributed by atoms with Crippen LogP contribution in [0.4, 0.5) is 5.69 Å². The Morgan fingerprint density at radius 2 is 1.98 bits per heavy atom. The molecule has 0 radical (unpaired) electrons. The molecule has 0 aromatic heterocycles. The van der Waals surface area contributed by atoms with E-state index in [1.165, 1.54) is 60.2 Å². The number of likely N-dealkylation sites (tertiary alicyclic amines) is 1. The number of hydrogen-bond donors (Lipinski definition) is 1. The van der Waals surface area contributed by atoms with Crippen LogP contribution >= 0.6 is 22.6 Å². The maximum absolute atomic E-state index is 10.7. The van der Waals surface area contributed by atoms with Crippen LogP contribution in [0.25, 0.3) is 0 Å². The Balaban J connectivity index is 0.989. The molecule has 234 valence electrons. The SMILES string of the molecule is C=C(C1C=CC(C2C3C[C@@]32C(CO)c2cccc3c2N=CCC3)=C(C)C1)N1CCCC(CC2=C(C(C)(C)I)CCC=N2)CC1. The number of aliphatic hydroxyl groups excluding tert-OH is 1. The van der Waals surface area contributed by atoms with Crippen molar-refractivity contribution in [1.29, 1.82) is 0 Å². The van der Waals surface area contributed by atoms with E-state index in [-0.39, 0.29) is 21.4 Å². The number of benzene rings is 1. The highest BCUT2D eigenvalue weighted by molar-refractivity contribution is 14.1. The zero-order valence-electron chi connectivity index (χ0n) is 27.0. The van der Waals surface area contributed by atoms with Gasteiger partial charge in [0.1, 0.15) is 0 Å². The fourth-order valence-corrected chi connectivity index (χ4v) is 9.90.